The largest absolute Gasteiger partial charge is 0.484 e. The van der Waals surface area contributed by atoms with Crippen molar-refractivity contribution in [2.24, 2.45) is 0 Å². The van der Waals surface area contributed by atoms with Gasteiger partial charge in [-0.25, -0.2) is 0 Å². The van der Waals surface area contributed by atoms with Gasteiger partial charge in [-0.05, 0) is 55.5 Å². The van der Waals surface area contributed by atoms with E-state index < -0.39 is 6.04 Å². The maximum atomic E-state index is 13.1. The molecular weight excluding hydrogens is 456 g/mol. The van der Waals surface area contributed by atoms with Crippen LogP contribution in [-0.4, -0.2) is 42.5 Å². The molecule has 0 fully saturated rings. The molecule has 0 heterocycles. The van der Waals surface area contributed by atoms with Crippen LogP contribution in [0.1, 0.15) is 44.2 Å². The van der Waals surface area contributed by atoms with Crippen LogP contribution in [-0.2, 0) is 16.0 Å². The molecule has 31 heavy (non-hydrogen) atoms. The van der Waals surface area contributed by atoms with Gasteiger partial charge in [0.15, 0.2) is 6.61 Å². The van der Waals surface area contributed by atoms with E-state index in [-0.39, 0.29) is 18.4 Å². The van der Waals surface area contributed by atoms with Crippen LogP contribution in [0.15, 0.2) is 53.0 Å². The molecule has 0 radical (unpaired) electrons. The standard InChI is InChI=1S/C25H33BrN2O3/c1-4-6-15-27-25(30)23(5-2)28(16-14-20-10-8-7-9-11-20)24(29)18-31-21-12-13-22(26)19(3)17-21/h7-13,17,23H,4-6,14-16,18H2,1-3H3,(H,27,30). The van der Waals surface area contributed by atoms with Crippen LogP contribution >= 0.6 is 15.9 Å². The molecule has 0 saturated heterocycles. The van der Waals surface area contributed by atoms with Crippen molar-refractivity contribution in [1.82, 2.24) is 10.2 Å². The lowest BCUT2D eigenvalue weighted by molar-refractivity contribution is -0.142. The highest BCUT2D eigenvalue weighted by molar-refractivity contribution is 9.10. The van der Waals surface area contributed by atoms with Gasteiger partial charge >= 0.3 is 0 Å². The predicted molar refractivity (Wildman–Crippen MR) is 128 cm³/mol. The lowest BCUT2D eigenvalue weighted by Crippen LogP contribution is -2.51. The smallest absolute Gasteiger partial charge is 0.261 e. The number of carbonyl (C=O) groups excluding carboxylic acids is 2. The van der Waals surface area contributed by atoms with Crippen LogP contribution in [0, 0.1) is 6.92 Å². The number of benzene rings is 2. The summed E-state index contributed by atoms with van der Waals surface area (Å²) in [4.78, 5) is 27.6. The van der Waals surface area contributed by atoms with Gasteiger partial charge in [-0.2, -0.15) is 0 Å². The van der Waals surface area contributed by atoms with Crippen molar-refractivity contribution < 1.29 is 14.3 Å². The number of nitrogens with zero attached hydrogens (tertiary/aromatic N) is 1. The third kappa shape index (κ3) is 8.02. The summed E-state index contributed by atoms with van der Waals surface area (Å²) in [6, 6.07) is 15.1. The Balaban J connectivity index is 2.10. The van der Waals surface area contributed by atoms with Crippen LogP contribution in [0.5, 0.6) is 5.75 Å². The molecule has 0 aliphatic carbocycles. The molecule has 168 valence electrons. The molecule has 5 nitrogen and oxygen atoms in total. The highest BCUT2D eigenvalue weighted by atomic mass is 79.9. The minimum absolute atomic E-state index is 0.100. The lowest BCUT2D eigenvalue weighted by Gasteiger charge is -2.30. The number of nitrogens with one attached hydrogen (secondary N) is 1. The van der Waals surface area contributed by atoms with Crippen molar-refractivity contribution in [3.05, 3.63) is 64.1 Å². The van der Waals surface area contributed by atoms with Crippen molar-refractivity contribution >= 4 is 27.7 Å². The third-order valence-corrected chi connectivity index (χ3v) is 6.08. The number of amides is 2. The fourth-order valence-electron chi connectivity index (χ4n) is 3.34. The van der Waals surface area contributed by atoms with Crippen molar-refractivity contribution in [3.8, 4) is 5.75 Å². The maximum Gasteiger partial charge on any atom is 0.261 e. The average molecular weight is 489 g/mol. The number of ether oxygens (including phenoxy) is 1. The first-order chi connectivity index (χ1) is 15.0. The second kappa shape index (κ2) is 13.2. The van der Waals surface area contributed by atoms with E-state index in [0.29, 0.717) is 31.7 Å². The van der Waals surface area contributed by atoms with E-state index in [1.807, 2.05) is 62.4 Å². The predicted octanol–water partition coefficient (Wildman–Crippen LogP) is 4.90. The summed E-state index contributed by atoms with van der Waals surface area (Å²) in [5, 5.41) is 2.98. The monoisotopic (exact) mass is 488 g/mol. The molecule has 1 unspecified atom stereocenters. The van der Waals surface area contributed by atoms with Gasteiger partial charge in [-0.1, -0.05) is 66.5 Å². The Labute approximate surface area is 194 Å². The quantitative estimate of drug-likeness (QED) is 0.432. The molecule has 6 heteroatoms. The number of halogens is 1. The summed E-state index contributed by atoms with van der Waals surface area (Å²) >= 11 is 3.47. The SMILES string of the molecule is CCCCNC(=O)C(CC)N(CCc1ccccc1)C(=O)COc1ccc(Br)c(C)c1. The number of carbonyl (C=O) groups is 2. The maximum absolute atomic E-state index is 13.1. The van der Waals surface area contributed by atoms with Gasteiger partial charge in [0.05, 0.1) is 0 Å². The fraction of sp³-hybridized carbons (Fsp3) is 0.440. The minimum atomic E-state index is -0.511. The van der Waals surface area contributed by atoms with E-state index in [1.165, 1.54) is 0 Å². The third-order valence-electron chi connectivity index (χ3n) is 5.19. The number of hydrogen-bond donors (Lipinski definition) is 1. The Bertz CT molecular complexity index is 842. The summed E-state index contributed by atoms with van der Waals surface area (Å²) < 4.78 is 6.76. The number of aryl methyl sites for hydroxylation is 1. The van der Waals surface area contributed by atoms with Gasteiger partial charge in [0.25, 0.3) is 5.91 Å². The number of unbranched alkanes of at least 4 members (excludes halogenated alkanes) is 1. The molecule has 0 aromatic heterocycles. The van der Waals surface area contributed by atoms with Gasteiger partial charge < -0.3 is 15.0 Å². The van der Waals surface area contributed by atoms with E-state index >= 15 is 0 Å². The van der Waals surface area contributed by atoms with E-state index in [2.05, 4.69) is 28.2 Å². The lowest BCUT2D eigenvalue weighted by atomic mass is 10.1. The molecule has 0 spiro atoms. The molecule has 0 aliphatic rings. The van der Waals surface area contributed by atoms with Gasteiger partial charge in [0.2, 0.25) is 5.91 Å². The van der Waals surface area contributed by atoms with Gasteiger partial charge in [0.1, 0.15) is 11.8 Å². The fourth-order valence-corrected chi connectivity index (χ4v) is 3.58. The summed E-state index contributed by atoms with van der Waals surface area (Å²) in [6.45, 7) is 6.98. The van der Waals surface area contributed by atoms with Crippen LogP contribution < -0.4 is 10.1 Å². The zero-order valence-corrected chi connectivity index (χ0v) is 20.3. The van der Waals surface area contributed by atoms with Crippen molar-refractivity contribution in [1.29, 1.82) is 0 Å². The first kappa shape index (κ1) is 24.9. The van der Waals surface area contributed by atoms with Crippen LogP contribution in [0.2, 0.25) is 0 Å². The molecule has 2 rings (SSSR count). The van der Waals surface area contributed by atoms with Crippen molar-refractivity contribution in [2.45, 2.75) is 52.5 Å². The Kier molecular flexibility index (Phi) is 10.6. The molecule has 0 bridgehead atoms. The Hall–Kier alpha value is -2.34. The van der Waals surface area contributed by atoms with Crippen molar-refractivity contribution in [3.63, 3.8) is 0 Å². The molecule has 2 amide bonds. The van der Waals surface area contributed by atoms with Crippen LogP contribution in [0.25, 0.3) is 0 Å². The Morgan fingerprint density at radius 2 is 1.87 bits per heavy atom. The van der Waals surface area contributed by atoms with Gasteiger partial charge in [-0.3, -0.25) is 9.59 Å². The zero-order chi connectivity index (χ0) is 22.6. The Morgan fingerprint density at radius 1 is 1.13 bits per heavy atom. The number of rotatable bonds is 12. The highest BCUT2D eigenvalue weighted by Crippen LogP contribution is 2.21. The molecule has 0 saturated carbocycles. The zero-order valence-electron chi connectivity index (χ0n) is 18.7. The normalized spacial score (nSPS) is 11.6. The molecule has 1 atom stereocenters. The first-order valence-corrected chi connectivity index (χ1v) is 11.8. The summed E-state index contributed by atoms with van der Waals surface area (Å²) in [5.74, 6) is 0.350. The molecule has 1 N–H and O–H groups in total. The molecule has 0 aliphatic heterocycles. The van der Waals surface area contributed by atoms with E-state index in [1.54, 1.807) is 4.90 Å². The van der Waals surface area contributed by atoms with E-state index in [0.717, 1.165) is 28.4 Å². The van der Waals surface area contributed by atoms with E-state index in [9.17, 15) is 9.59 Å². The van der Waals surface area contributed by atoms with Gasteiger partial charge in [-0.15, -0.1) is 0 Å². The first-order valence-electron chi connectivity index (χ1n) is 11.0. The van der Waals surface area contributed by atoms with Crippen LogP contribution in [0.3, 0.4) is 0 Å². The highest BCUT2D eigenvalue weighted by Gasteiger charge is 2.28. The molecule has 2 aromatic rings. The second-order valence-corrected chi connectivity index (χ2v) is 8.45. The molecule has 2 aromatic carbocycles. The second-order valence-electron chi connectivity index (χ2n) is 7.59. The topological polar surface area (TPSA) is 58.6 Å². The molecular formula is C25H33BrN2O3. The summed E-state index contributed by atoms with van der Waals surface area (Å²) in [6.07, 6.45) is 3.17. The minimum Gasteiger partial charge on any atom is -0.484 e. The van der Waals surface area contributed by atoms with Gasteiger partial charge in [0, 0.05) is 17.6 Å². The summed E-state index contributed by atoms with van der Waals surface area (Å²) in [5.41, 5.74) is 2.17. The average Bonchev–Trinajstić information content (AvgIpc) is 2.78. The Morgan fingerprint density at radius 3 is 2.52 bits per heavy atom. The summed E-state index contributed by atoms with van der Waals surface area (Å²) in [7, 11) is 0. The van der Waals surface area contributed by atoms with Crippen molar-refractivity contribution in [2.75, 3.05) is 19.7 Å². The number of hydrogen-bond acceptors (Lipinski definition) is 3. The van der Waals surface area contributed by atoms with E-state index in [4.69, 9.17) is 4.74 Å². The van der Waals surface area contributed by atoms with Crippen LogP contribution in [0.4, 0.5) is 0 Å².